The first-order valence-corrected chi connectivity index (χ1v) is 6.56. The van der Waals surface area contributed by atoms with Gasteiger partial charge >= 0.3 is 0 Å². The number of ether oxygens (including phenoxy) is 1. The first kappa shape index (κ1) is 13.7. The lowest BCUT2D eigenvalue weighted by Gasteiger charge is -2.20. The number of ketones is 1. The molecular weight excluding hydrogens is 240 g/mol. The van der Waals surface area contributed by atoms with Crippen molar-refractivity contribution in [3.63, 3.8) is 0 Å². The summed E-state index contributed by atoms with van der Waals surface area (Å²) < 4.78 is 5.56. The number of hydrogen-bond donors (Lipinski definition) is 0. The highest BCUT2D eigenvalue weighted by Gasteiger charge is 2.18. The van der Waals surface area contributed by atoms with E-state index in [0.29, 0.717) is 17.7 Å². The zero-order chi connectivity index (χ0) is 13.7. The Morgan fingerprint density at radius 3 is 2.89 bits per heavy atom. The van der Waals surface area contributed by atoms with Crippen LogP contribution in [0.3, 0.4) is 0 Å². The smallest absolute Gasteiger partial charge is 0.176 e. The third kappa shape index (κ3) is 3.88. The van der Waals surface area contributed by atoms with E-state index in [1.54, 1.807) is 24.3 Å². The molecule has 0 amide bonds. The fourth-order valence-electron chi connectivity index (χ4n) is 2.25. The van der Waals surface area contributed by atoms with E-state index in [1.807, 2.05) is 6.92 Å². The molecular formula is C15H18N2O2. The number of carbonyl (C=O) groups is 1. The Kier molecular flexibility index (Phi) is 4.67. The third-order valence-electron chi connectivity index (χ3n) is 3.24. The maximum Gasteiger partial charge on any atom is 0.176 e. The molecule has 1 fully saturated rings. The molecule has 0 aliphatic carbocycles. The van der Waals surface area contributed by atoms with E-state index in [4.69, 9.17) is 10.00 Å². The van der Waals surface area contributed by atoms with Crippen molar-refractivity contribution in [2.24, 2.45) is 0 Å². The molecule has 0 aromatic heterocycles. The lowest BCUT2D eigenvalue weighted by molar-refractivity contribution is 0.0657. The average molecular weight is 258 g/mol. The van der Waals surface area contributed by atoms with Crippen molar-refractivity contribution in [1.82, 2.24) is 4.90 Å². The summed E-state index contributed by atoms with van der Waals surface area (Å²) in [4.78, 5) is 14.3. The second-order valence-corrected chi connectivity index (χ2v) is 4.88. The molecule has 0 radical (unpaired) electrons. The van der Waals surface area contributed by atoms with Gasteiger partial charge in [-0.2, -0.15) is 5.26 Å². The van der Waals surface area contributed by atoms with Gasteiger partial charge in [-0.25, -0.2) is 0 Å². The first-order chi connectivity index (χ1) is 9.19. The highest BCUT2D eigenvalue weighted by molar-refractivity contribution is 5.97. The molecule has 1 aliphatic heterocycles. The fraction of sp³-hybridized carbons (Fsp3) is 0.467. The Bertz CT molecular complexity index is 476. The Morgan fingerprint density at radius 1 is 1.47 bits per heavy atom. The Labute approximate surface area is 113 Å². The van der Waals surface area contributed by atoms with E-state index >= 15 is 0 Å². The van der Waals surface area contributed by atoms with Gasteiger partial charge in [0, 0.05) is 25.3 Å². The summed E-state index contributed by atoms with van der Waals surface area (Å²) in [5.41, 5.74) is 1.24. The van der Waals surface area contributed by atoms with Crippen LogP contribution in [-0.2, 0) is 4.74 Å². The Balaban J connectivity index is 1.97. The van der Waals surface area contributed by atoms with Gasteiger partial charge in [-0.05, 0) is 25.5 Å². The van der Waals surface area contributed by atoms with Crippen LogP contribution in [0, 0.1) is 11.3 Å². The molecule has 0 spiro atoms. The largest absolute Gasteiger partial charge is 0.377 e. The van der Waals surface area contributed by atoms with Crippen LogP contribution in [0.15, 0.2) is 24.3 Å². The number of hydrogen-bond acceptors (Lipinski definition) is 4. The van der Waals surface area contributed by atoms with Crippen LogP contribution in [0.5, 0.6) is 0 Å². The van der Waals surface area contributed by atoms with Gasteiger partial charge in [-0.3, -0.25) is 9.69 Å². The zero-order valence-electron chi connectivity index (χ0n) is 11.1. The van der Waals surface area contributed by atoms with Crippen molar-refractivity contribution in [2.75, 3.05) is 26.2 Å². The molecule has 4 nitrogen and oxygen atoms in total. The highest BCUT2D eigenvalue weighted by Crippen LogP contribution is 2.09. The van der Waals surface area contributed by atoms with Crippen molar-refractivity contribution >= 4 is 5.78 Å². The number of benzene rings is 1. The van der Waals surface area contributed by atoms with E-state index in [2.05, 4.69) is 11.0 Å². The highest BCUT2D eigenvalue weighted by atomic mass is 16.5. The zero-order valence-corrected chi connectivity index (χ0v) is 11.1. The summed E-state index contributed by atoms with van der Waals surface area (Å²) in [6.07, 6.45) is 1.14. The van der Waals surface area contributed by atoms with Gasteiger partial charge in [0.2, 0.25) is 0 Å². The standard InChI is InChI=1S/C15H18N2O2/c1-12-10-17(7-2-8-19-12)11-15(18)14-5-3-13(9-16)4-6-14/h3-6,12H,2,7-8,10-11H2,1H3. The second-order valence-electron chi connectivity index (χ2n) is 4.88. The molecule has 1 saturated heterocycles. The molecule has 1 atom stereocenters. The SMILES string of the molecule is CC1CN(CC(=O)c2ccc(C#N)cc2)CCCO1. The predicted molar refractivity (Wildman–Crippen MR) is 72.0 cm³/mol. The number of Topliss-reactive ketones (excluding diaryl/α,β-unsaturated/α-hetero) is 1. The molecule has 1 aromatic carbocycles. The number of nitriles is 1. The normalized spacial score (nSPS) is 20.5. The summed E-state index contributed by atoms with van der Waals surface area (Å²) in [7, 11) is 0. The van der Waals surface area contributed by atoms with E-state index in [-0.39, 0.29) is 11.9 Å². The monoisotopic (exact) mass is 258 g/mol. The summed E-state index contributed by atoms with van der Waals surface area (Å²) >= 11 is 0. The van der Waals surface area contributed by atoms with Crippen LogP contribution >= 0.6 is 0 Å². The predicted octanol–water partition coefficient (Wildman–Crippen LogP) is 1.85. The van der Waals surface area contributed by atoms with Gasteiger partial charge in [0.05, 0.1) is 24.3 Å². The molecule has 1 unspecified atom stereocenters. The van der Waals surface area contributed by atoms with E-state index in [0.717, 1.165) is 26.1 Å². The Morgan fingerprint density at radius 2 is 2.21 bits per heavy atom. The van der Waals surface area contributed by atoms with Gasteiger partial charge in [0.1, 0.15) is 0 Å². The van der Waals surface area contributed by atoms with Gasteiger partial charge in [-0.1, -0.05) is 12.1 Å². The van der Waals surface area contributed by atoms with Crippen molar-refractivity contribution < 1.29 is 9.53 Å². The lowest BCUT2D eigenvalue weighted by Crippen LogP contribution is -2.34. The summed E-state index contributed by atoms with van der Waals surface area (Å²) in [5, 5.41) is 8.73. The van der Waals surface area contributed by atoms with Crippen molar-refractivity contribution in [2.45, 2.75) is 19.4 Å². The van der Waals surface area contributed by atoms with Gasteiger partial charge in [-0.15, -0.1) is 0 Å². The molecule has 1 heterocycles. The lowest BCUT2D eigenvalue weighted by atomic mass is 10.1. The first-order valence-electron chi connectivity index (χ1n) is 6.56. The second kappa shape index (κ2) is 6.46. The third-order valence-corrected chi connectivity index (χ3v) is 3.24. The minimum atomic E-state index is 0.0959. The summed E-state index contributed by atoms with van der Waals surface area (Å²) in [6.45, 7) is 4.90. The van der Waals surface area contributed by atoms with E-state index < -0.39 is 0 Å². The van der Waals surface area contributed by atoms with Crippen molar-refractivity contribution in [3.05, 3.63) is 35.4 Å². The van der Waals surface area contributed by atoms with Crippen molar-refractivity contribution in [1.29, 1.82) is 5.26 Å². The summed E-state index contributed by atoms with van der Waals surface area (Å²) in [6, 6.07) is 8.86. The molecule has 1 aromatic rings. The quantitative estimate of drug-likeness (QED) is 0.776. The molecule has 19 heavy (non-hydrogen) atoms. The topological polar surface area (TPSA) is 53.3 Å². The number of nitrogens with zero attached hydrogens (tertiary/aromatic N) is 2. The molecule has 2 rings (SSSR count). The van der Waals surface area contributed by atoms with Gasteiger partial charge in [0.15, 0.2) is 5.78 Å². The molecule has 4 heteroatoms. The minimum Gasteiger partial charge on any atom is -0.377 e. The molecule has 0 N–H and O–H groups in total. The summed E-state index contributed by atoms with van der Waals surface area (Å²) in [5.74, 6) is 0.0959. The van der Waals surface area contributed by atoms with Crippen LogP contribution in [0.1, 0.15) is 29.3 Å². The van der Waals surface area contributed by atoms with Crippen LogP contribution in [0.4, 0.5) is 0 Å². The minimum absolute atomic E-state index is 0.0959. The van der Waals surface area contributed by atoms with Crippen molar-refractivity contribution in [3.8, 4) is 6.07 Å². The van der Waals surface area contributed by atoms with Crippen LogP contribution in [0.2, 0.25) is 0 Å². The molecule has 100 valence electrons. The van der Waals surface area contributed by atoms with Gasteiger partial charge < -0.3 is 4.74 Å². The number of rotatable bonds is 3. The molecule has 0 bridgehead atoms. The number of carbonyl (C=O) groups excluding carboxylic acids is 1. The Hall–Kier alpha value is -1.70. The maximum atomic E-state index is 12.2. The van der Waals surface area contributed by atoms with Crippen LogP contribution in [-0.4, -0.2) is 43.0 Å². The van der Waals surface area contributed by atoms with Crippen LogP contribution < -0.4 is 0 Å². The van der Waals surface area contributed by atoms with Gasteiger partial charge in [0.25, 0.3) is 0 Å². The van der Waals surface area contributed by atoms with Crippen LogP contribution in [0.25, 0.3) is 0 Å². The molecule has 0 saturated carbocycles. The maximum absolute atomic E-state index is 12.2. The van der Waals surface area contributed by atoms with E-state index in [9.17, 15) is 4.79 Å². The molecule has 1 aliphatic rings. The van der Waals surface area contributed by atoms with E-state index in [1.165, 1.54) is 0 Å². The fourth-order valence-corrected chi connectivity index (χ4v) is 2.25. The average Bonchev–Trinajstić information content (AvgIpc) is 2.63.